The Bertz CT molecular complexity index is 707. The molecule has 2 aliphatic rings. The van der Waals surface area contributed by atoms with Gasteiger partial charge in [0.25, 0.3) is 0 Å². The number of fused-ring (bicyclic) bond motifs is 1. The molecule has 2 N–H and O–H groups in total. The molecule has 29 heavy (non-hydrogen) atoms. The van der Waals surface area contributed by atoms with Gasteiger partial charge in [-0.15, -0.1) is 12.4 Å². The molecule has 1 fully saturated rings. The predicted octanol–water partition coefficient (Wildman–Crippen LogP) is 2.05. The average Bonchev–Trinajstić information content (AvgIpc) is 3.22. The number of carbonyl (C=O) groups is 2. The molecule has 7 nitrogen and oxygen atoms in total. The summed E-state index contributed by atoms with van der Waals surface area (Å²) in [6.45, 7) is 2.85. The Balaban J connectivity index is 0.00000300. The SMILES string of the molecule is COc1cc2c(cc1OC)CN(C(=O)CCCNC(=O)CC1CCCN1)CC2.Cl. The zero-order chi connectivity index (χ0) is 19.9. The number of nitrogens with one attached hydrogen (secondary N) is 2. The summed E-state index contributed by atoms with van der Waals surface area (Å²) in [7, 11) is 3.25. The van der Waals surface area contributed by atoms with Crippen molar-refractivity contribution in [3.05, 3.63) is 23.3 Å². The van der Waals surface area contributed by atoms with E-state index in [-0.39, 0.29) is 24.2 Å². The van der Waals surface area contributed by atoms with Crippen LogP contribution in [0.1, 0.15) is 43.2 Å². The summed E-state index contributed by atoms with van der Waals surface area (Å²) in [5.74, 6) is 1.62. The highest BCUT2D eigenvalue weighted by atomic mass is 35.5. The van der Waals surface area contributed by atoms with Crippen molar-refractivity contribution in [2.45, 2.75) is 51.1 Å². The first-order chi connectivity index (χ1) is 13.6. The lowest BCUT2D eigenvalue weighted by atomic mass is 9.98. The molecular formula is C21H32ClN3O4. The first-order valence-electron chi connectivity index (χ1n) is 10.1. The van der Waals surface area contributed by atoms with Crippen LogP contribution in [0.5, 0.6) is 11.5 Å². The largest absolute Gasteiger partial charge is 0.493 e. The Labute approximate surface area is 178 Å². The van der Waals surface area contributed by atoms with Crippen LogP contribution in [0.2, 0.25) is 0 Å². The molecule has 1 unspecified atom stereocenters. The van der Waals surface area contributed by atoms with Gasteiger partial charge in [-0.1, -0.05) is 0 Å². The van der Waals surface area contributed by atoms with Crippen molar-refractivity contribution in [3.8, 4) is 11.5 Å². The van der Waals surface area contributed by atoms with Crippen LogP contribution < -0.4 is 20.1 Å². The molecule has 0 spiro atoms. The second-order valence-electron chi connectivity index (χ2n) is 7.49. The zero-order valence-electron chi connectivity index (χ0n) is 17.3. The van der Waals surface area contributed by atoms with E-state index < -0.39 is 0 Å². The van der Waals surface area contributed by atoms with Gasteiger partial charge in [0.2, 0.25) is 11.8 Å². The van der Waals surface area contributed by atoms with Crippen molar-refractivity contribution in [1.29, 1.82) is 0 Å². The normalized spacial score (nSPS) is 17.9. The van der Waals surface area contributed by atoms with Crippen molar-refractivity contribution < 1.29 is 19.1 Å². The number of amides is 2. The van der Waals surface area contributed by atoms with E-state index in [9.17, 15) is 9.59 Å². The van der Waals surface area contributed by atoms with E-state index in [1.807, 2.05) is 17.0 Å². The Morgan fingerprint density at radius 1 is 1.21 bits per heavy atom. The molecule has 0 radical (unpaired) electrons. The van der Waals surface area contributed by atoms with E-state index in [4.69, 9.17) is 9.47 Å². The molecule has 162 valence electrons. The summed E-state index contributed by atoms with van der Waals surface area (Å²) in [5.41, 5.74) is 2.31. The fraction of sp³-hybridized carbons (Fsp3) is 0.619. The molecule has 1 aromatic rings. The van der Waals surface area contributed by atoms with E-state index in [2.05, 4.69) is 10.6 Å². The molecule has 3 rings (SSSR count). The summed E-state index contributed by atoms with van der Waals surface area (Å²) >= 11 is 0. The van der Waals surface area contributed by atoms with Gasteiger partial charge in [0.05, 0.1) is 14.2 Å². The third-order valence-electron chi connectivity index (χ3n) is 5.55. The van der Waals surface area contributed by atoms with Crippen LogP contribution in [0.3, 0.4) is 0 Å². The Kier molecular flexibility index (Phi) is 9.04. The van der Waals surface area contributed by atoms with Crippen molar-refractivity contribution >= 4 is 24.2 Å². The first kappa shape index (κ1) is 23.3. The smallest absolute Gasteiger partial charge is 0.222 e. The van der Waals surface area contributed by atoms with Gasteiger partial charge >= 0.3 is 0 Å². The summed E-state index contributed by atoms with van der Waals surface area (Å²) in [4.78, 5) is 26.4. The van der Waals surface area contributed by atoms with Crippen molar-refractivity contribution in [3.63, 3.8) is 0 Å². The fourth-order valence-electron chi connectivity index (χ4n) is 3.95. The summed E-state index contributed by atoms with van der Waals surface area (Å²) in [6, 6.07) is 4.28. The number of nitrogens with zero attached hydrogens (tertiary/aromatic N) is 1. The minimum absolute atomic E-state index is 0. The van der Waals surface area contributed by atoms with Crippen molar-refractivity contribution in [2.75, 3.05) is 33.9 Å². The van der Waals surface area contributed by atoms with E-state index in [0.717, 1.165) is 37.1 Å². The maximum Gasteiger partial charge on any atom is 0.222 e. The number of ether oxygens (including phenoxy) is 2. The molecule has 2 aliphatic heterocycles. The van der Waals surface area contributed by atoms with Gasteiger partial charge in [-0.3, -0.25) is 9.59 Å². The van der Waals surface area contributed by atoms with Crippen molar-refractivity contribution in [2.24, 2.45) is 0 Å². The fourth-order valence-corrected chi connectivity index (χ4v) is 3.95. The predicted molar refractivity (Wildman–Crippen MR) is 114 cm³/mol. The highest BCUT2D eigenvalue weighted by Crippen LogP contribution is 2.33. The highest BCUT2D eigenvalue weighted by Gasteiger charge is 2.23. The van der Waals surface area contributed by atoms with Gasteiger partial charge in [0.15, 0.2) is 11.5 Å². The summed E-state index contributed by atoms with van der Waals surface area (Å²) in [5, 5.41) is 6.26. The van der Waals surface area contributed by atoms with Gasteiger partial charge in [-0.2, -0.15) is 0 Å². The third-order valence-corrected chi connectivity index (χ3v) is 5.55. The van der Waals surface area contributed by atoms with Crippen molar-refractivity contribution in [1.82, 2.24) is 15.5 Å². The van der Waals surface area contributed by atoms with Gasteiger partial charge < -0.3 is 25.0 Å². The lowest BCUT2D eigenvalue weighted by molar-refractivity contribution is -0.132. The van der Waals surface area contributed by atoms with Crippen LogP contribution >= 0.6 is 12.4 Å². The second kappa shape index (κ2) is 11.3. The maximum absolute atomic E-state index is 12.6. The highest BCUT2D eigenvalue weighted by molar-refractivity contribution is 5.85. The molecular weight excluding hydrogens is 394 g/mol. The van der Waals surface area contributed by atoms with Crippen LogP contribution in [0.4, 0.5) is 0 Å². The minimum Gasteiger partial charge on any atom is -0.493 e. The minimum atomic E-state index is 0. The molecule has 0 bridgehead atoms. The van der Waals surface area contributed by atoms with Crippen LogP contribution in [0, 0.1) is 0 Å². The average molecular weight is 426 g/mol. The molecule has 1 saturated heterocycles. The number of hydrogen-bond donors (Lipinski definition) is 2. The standard InChI is InChI=1S/C21H31N3O4.ClH/c1-27-18-11-15-7-10-24(14-16(15)12-19(18)28-2)21(26)6-4-9-23-20(25)13-17-5-3-8-22-17;/h11-12,17,22H,3-10,13-14H2,1-2H3,(H,23,25);1H. The lowest BCUT2D eigenvalue weighted by Gasteiger charge is -2.29. The Hall–Kier alpha value is -1.99. The quantitative estimate of drug-likeness (QED) is 0.623. The number of methoxy groups -OCH3 is 2. The van der Waals surface area contributed by atoms with Gasteiger partial charge in [-0.05, 0) is 55.5 Å². The maximum atomic E-state index is 12.6. The van der Waals surface area contributed by atoms with E-state index in [1.54, 1.807) is 14.2 Å². The molecule has 0 aliphatic carbocycles. The Morgan fingerprint density at radius 3 is 2.59 bits per heavy atom. The first-order valence-corrected chi connectivity index (χ1v) is 10.1. The summed E-state index contributed by atoms with van der Waals surface area (Å²) in [6.07, 6.45) is 4.67. The van der Waals surface area contributed by atoms with Crippen LogP contribution in [-0.2, 0) is 22.6 Å². The molecule has 2 amide bonds. The van der Waals surface area contributed by atoms with Crippen LogP contribution in [0.15, 0.2) is 12.1 Å². The second-order valence-corrected chi connectivity index (χ2v) is 7.49. The molecule has 1 aromatic carbocycles. The lowest BCUT2D eigenvalue weighted by Crippen LogP contribution is -2.36. The van der Waals surface area contributed by atoms with Gasteiger partial charge in [-0.25, -0.2) is 0 Å². The molecule has 0 aromatic heterocycles. The van der Waals surface area contributed by atoms with E-state index >= 15 is 0 Å². The van der Waals surface area contributed by atoms with Crippen LogP contribution in [0.25, 0.3) is 0 Å². The number of rotatable bonds is 8. The van der Waals surface area contributed by atoms with E-state index in [0.29, 0.717) is 50.7 Å². The van der Waals surface area contributed by atoms with E-state index in [1.165, 1.54) is 5.56 Å². The summed E-state index contributed by atoms with van der Waals surface area (Å²) < 4.78 is 10.7. The Morgan fingerprint density at radius 2 is 1.93 bits per heavy atom. The van der Waals surface area contributed by atoms with Crippen LogP contribution in [-0.4, -0.2) is 56.6 Å². The third kappa shape index (κ3) is 6.24. The zero-order valence-corrected chi connectivity index (χ0v) is 18.1. The number of halogens is 1. The molecule has 0 saturated carbocycles. The molecule has 2 heterocycles. The number of benzene rings is 1. The molecule has 8 heteroatoms. The monoisotopic (exact) mass is 425 g/mol. The molecule has 1 atom stereocenters. The van der Waals surface area contributed by atoms with Gasteiger partial charge in [0.1, 0.15) is 0 Å². The topological polar surface area (TPSA) is 79.9 Å². The number of carbonyl (C=O) groups excluding carboxylic acids is 2. The number of hydrogen-bond acceptors (Lipinski definition) is 5. The van der Waals surface area contributed by atoms with Gasteiger partial charge in [0, 0.05) is 38.5 Å².